The number of rotatable bonds is 0. The fourth-order valence-corrected chi connectivity index (χ4v) is 2.09. The molecule has 0 atom stereocenters. The second-order valence-corrected chi connectivity index (χ2v) is 4.02. The standard InChI is InChI=1S/C12H14O3/c1-2-4-11-10(3-1)9-14-12(15-11)5-7-13-8-6-12/h1-4H,5-9H2. The Hall–Kier alpha value is -1.06. The van der Waals surface area contributed by atoms with E-state index in [9.17, 15) is 0 Å². The third-order valence-corrected chi connectivity index (χ3v) is 3.01. The maximum absolute atomic E-state index is 5.96. The summed E-state index contributed by atoms with van der Waals surface area (Å²) in [5, 5.41) is 0. The third kappa shape index (κ3) is 1.62. The van der Waals surface area contributed by atoms with Crippen molar-refractivity contribution in [2.75, 3.05) is 13.2 Å². The molecule has 1 saturated heterocycles. The first-order valence-corrected chi connectivity index (χ1v) is 5.37. The van der Waals surface area contributed by atoms with Crippen LogP contribution in [-0.2, 0) is 16.1 Å². The molecule has 15 heavy (non-hydrogen) atoms. The Balaban J connectivity index is 1.87. The number of hydrogen-bond donors (Lipinski definition) is 0. The highest BCUT2D eigenvalue weighted by molar-refractivity contribution is 5.34. The molecule has 1 aromatic rings. The van der Waals surface area contributed by atoms with E-state index in [2.05, 4.69) is 0 Å². The van der Waals surface area contributed by atoms with Gasteiger partial charge in [0.2, 0.25) is 5.79 Å². The molecule has 1 spiro atoms. The molecule has 0 unspecified atom stereocenters. The molecule has 0 radical (unpaired) electrons. The van der Waals surface area contributed by atoms with Crippen LogP contribution in [0.3, 0.4) is 0 Å². The summed E-state index contributed by atoms with van der Waals surface area (Å²) in [7, 11) is 0. The average molecular weight is 206 g/mol. The molecular weight excluding hydrogens is 192 g/mol. The molecule has 80 valence electrons. The quantitative estimate of drug-likeness (QED) is 0.650. The van der Waals surface area contributed by atoms with Crippen molar-refractivity contribution in [3.05, 3.63) is 29.8 Å². The Morgan fingerprint density at radius 1 is 1.07 bits per heavy atom. The maximum atomic E-state index is 5.96. The smallest absolute Gasteiger partial charge is 0.215 e. The van der Waals surface area contributed by atoms with Crippen molar-refractivity contribution in [3.8, 4) is 5.75 Å². The van der Waals surface area contributed by atoms with Crippen molar-refractivity contribution < 1.29 is 14.2 Å². The summed E-state index contributed by atoms with van der Waals surface area (Å²) in [6.45, 7) is 2.10. The second kappa shape index (κ2) is 3.51. The molecule has 2 aliphatic heterocycles. The summed E-state index contributed by atoms with van der Waals surface area (Å²) in [6, 6.07) is 8.06. The number of ether oxygens (including phenoxy) is 3. The Kier molecular flexibility index (Phi) is 2.15. The van der Waals surface area contributed by atoms with Crippen molar-refractivity contribution in [2.24, 2.45) is 0 Å². The van der Waals surface area contributed by atoms with Crippen molar-refractivity contribution in [3.63, 3.8) is 0 Å². The van der Waals surface area contributed by atoms with Gasteiger partial charge in [0, 0.05) is 18.4 Å². The highest BCUT2D eigenvalue weighted by Gasteiger charge is 2.39. The summed E-state index contributed by atoms with van der Waals surface area (Å²) in [5.74, 6) is 0.540. The second-order valence-electron chi connectivity index (χ2n) is 4.02. The van der Waals surface area contributed by atoms with Gasteiger partial charge in [-0.25, -0.2) is 0 Å². The molecule has 0 aliphatic carbocycles. The minimum absolute atomic E-state index is 0.424. The van der Waals surface area contributed by atoms with Crippen LogP contribution >= 0.6 is 0 Å². The lowest BCUT2D eigenvalue weighted by atomic mass is 10.1. The zero-order chi connectivity index (χ0) is 10.1. The van der Waals surface area contributed by atoms with Crippen molar-refractivity contribution in [1.82, 2.24) is 0 Å². The molecule has 0 bridgehead atoms. The number of fused-ring (bicyclic) bond motifs is 1. The van der Waals surface area contributed by atoms with Gasteiger partial charge in [-0.2, -0.15) is 0 Å². The van der Waals surface area contributed by atoms with Crippen LogP contribution in [0, 0.1) is 0 Å². The first kappa shape index (κ1) is 9.19. The highest BCUT2D eigenvalue weighted by Crippen LogP contribution is 2.36. The zero-order valence-corrected chi connectivity index (χ0v) is 8.57. The molecule has 2 aliphatic rings. The van der Waals surface area contributed by atoms with Crippen LogP contribution in [0.15, 0.2) is 24.3 Å². The minimum Gasteiger partial charge on any atom is -0.462 e. The van der Waals surface area contributed by atoms with Crippen LogP contribution in [0.25, 0.3) is 0 Å². The summed E-state index contributed by atoms with van der Waals surface area (Å²) in [5.41, 5.74) is 1.13. The van der Waals surface area contributed by atoms with Gasteiger partial charge in [-0.1, -0.05) is 18.2 Å². The largest absolute Gasteiger partial charge is 0.462 e. The number of benzene rings is 1. The van der Waals surface area contributed by atoms with Gasteiger partial charge in [0.05, 0.1) is 19.8 Å². The van der Waals surface area contributed by atoms with Gasteiger partial charge in [0.15, 0.2) is 0 Å². The van der Waals surface area contributed by atoms with E-state index in [0.717, 1.165) is 37.4 Å². The molecule has 3 rings (SSSR count). The van der Waals surface area contributed by atoms with E-state index in [1.54, 1.807) is 0 Å². The normalized spacial score (nSPS) is 23.2. The molecule has 2 heterocycles. The first-order valence-electron chi connectivity index (χ1n) is 5.37. The molecule has 0 amide bonds. The Morgan fingerprint density at radius 3 is 2.73 bits per heavy atom. The van der Waals surface area contributed by atoms with Gasteiger partial charge in [-0.05, 0) is 6.07 Å². The van der Waals surface area contributed by atoms with Crippen LogP contribution < -0.4 is 4.74 Å². The third-order valence-electron chi connectivity index (χ3n) is 3.01. The summed E-state index contributed by atoms with van der Waals surface area (Å²) >= 11 is 0. The van der Waals surface area contributed by atoms with Gasteiger partial charge in [-0.15, -0.1) is 0 Å². The maximum Gasteiger partial charge on any atom is 0.215 e. The highest BCUT2D eigenvalue weighted by atomic mass is 16.7. The van der Waals surface area contributed by atoms with Gasteiger partial charge in [-0.3, -0.25) is 0 Å². The predicted molar refractivity (Wildman–Crippen MR) is 54.6 cm³/mol. The van der Waals surface area contributed by atoms with Crippen molar-refractivity contribution in [2.45, 2.75) is 25.2 Å². The monoisotopic (exact) mass is 206 g/mol. The summed E-state index contributed by atoms with van der Waals surface area (Å²) in [4.78, 5) is 0. The molecule has 1 aromatic carbocycles. The van der Waals surface area contributed by atoms with E-state index >= 15 is 0 Å². The van der Waals surface area contributed by atoms with E-state index in [1.165, 1.54) is 0 Å². The number of hydrogen-bond acceptors (Lipinski definition) is 3. The topological polar surface area (TPSA) is 27.7 Å². The Bertz CT molecular complexity index is 356. The van der Waals surface area contributed by atoms with Crippen LogP contribution in [0.2, 0.25) is 0 Å². The van der Waals surface area contributed by atoms with E-state index in [4.69, 9.17) is 14.2 Å². The lowest BCUT2D eigenvalue weighted by Gasteiger charge is -2.40. The molecular formula is C12H14O3. The summed E-state index contributed by atoms with van der Waals surface area (Å²) in [6.07, 6.45) is 1.64. The van der Waals surface area contributed by atoms with Gasteiger partial charge < -0.3 is 14.2 Å². The van der Waals surface area contributed by atoms with Crippen LogP contribution in [0.5, 0.6) is 5.75 Å². The number of para-hydroxylation sites is 1. The fourth-order valence-electron chi connectivity index (χ4n) is 2.09. The Labute approximate surface area is 89.0 Å². The van der Waals surface area contributed by atoms with Crippen molar-refractivity contribution >= 4 is 0 Å². The lowest BCUT2D eigenvalue weighted by Crippen LogP contribution is -2.46. The minimum atomic E-state index is -0.424. The predicted octanol–water partition coefficient (Wildman–Crippen LogP) is 2.10. The van der Waals surface area contributed by atoms with Crippen LogP contribution in [0.1, 0.15) is 18.4 Å². The zero-order valence-electron chi connectivity index (χ0n) is 8.57. The van der Waals surface area contributed by atoms with Gasteiger partial charge in [0.25, 0.3) is 0 Å². The van der Waals surface area contributed by atoms with E-state index in [0.29, 0.717) is 6.61 Å². The van der Waals surface area contributed by atoms with Crippen LogP contribution in [0.4, 0.5) is 0 Å². The van der Waals surface area contributed by atoms with Crippen molar-refractivity contribution in [1.29, 1.82) is 0 Å². The first-order chi connectivity index (χ1) is 7.38. The molecule has 3 heteroatoms. The van der Waals surface area contributed by atoms with Crippen LogP contribution in [-0.4, -0.2) is 19.0 Å². The fraction of sp³-hybridized carbons (Fsp3) is 0.500. The van der Waals surface area contributed by atoms with Gasteiger partial charge in [0.1, 0.15) is 5.75 Å². The van der Waals surface area contributed by atoms with E-state index in [-0.39, 0.29) is 0 Å². The van der Waals surface area contributed by atoms with Gasteiger partial charge >= 0.3 is 0 Å². The Morgan fingerprint density at radius 2 is 1.87 bits per heavy atom. The summed E-state index contributed by atoms with van der Waals surface area (Å²) < 4.78 is 17.1. The molecule has 0 aromatic heterocycles. The van der Waals surface area contributed by atoms with E-state index < -0.39 is 5.79 Å². The SMILES string of the molecule is c1ccc2c(c1)COC1(CCOCC1)O2. The molecule has 0 N–H and O–H groups in total. The lowest BCUT2D eigenvalue weighted by molar-refractivity contribution is -0.241. The molecule has 0 saturated carbocycles. The molecule has 1 fully saturated rings. The average Bonchev–Trinajstić information content (AvgIpc) is 2.30. The molecule has 3 nitrogen and oxygen atoms in total. The van der Waals surface area contributed by atoms with E-state index in [1.807, 2.05) is 24.3 Å².